The topological polar surface area (TPSA) is 71.5 Å². The Morgan fingerprint density at radius 3 is 2.52 bits per heavy atom. The number of hydrogen-bond donors (Lipinski definition) is 0. The first-order valence-electron chi connectivity index (χ1n) is 8.01. The Morgan fingerprint density at radius 2 is 1.96 bits per heavy atom. The number of sulfonamides is 1. The predicted molar refractivity (Wildman–Crippen MR) is 100 cm³/mol. The fourth-order valence-corrected chi connectivity index (χ4v) is 7.31. The van der Waals surface area contributed by atoms with Crippen molar-refractivity contribution in [1.82, 2.24) is 4.31 Å². The van der Waals surface area contributed by atoms with Gasteiger partial charge in [-0.3, -0.25) is 0 Å². The lowest BCUT2D eigenvalue weighted by Crippen LogP contribution is -2.40. The lowest BCUT2D eigenvalue weighted by atomic mass is 10.1. The summed E-state index contributed by atoms with van der Waals surface area (Å²) in [6, 6.07) is 8.27. The molecule has 2 heterocycles. The van der Waals surface area contributed by atoms with Crippen LogP contribution in [0.3, 0.4) is 0 Å². The van der Waals surface area contributed by atoms with Crippen molar-refractivity contribution in [2.24, 2.45) is 0 Å². The second kappa shape index (κ2) is 6.83. The van der Waals surface area contributed by atoms with Gasteiger partial charge >= 0.3 is 0 Å². The maximum Gasteiger partial charge on any atom is 0.243 e. The summed E-state index contributed by atoms with van der Waals surface area (Å²) in [6.45, 7) is 4.00. The van der Waals surface area contributed by atoms with Crippen molar-refractivity contribution in [3.63, 3.8) is 0 Å². The number of nitrogens with zero attached hydrogens (tertiary/aromatic N) is 1. The molecule has 0 radical (unpaired) electrons. The molecule has 3 rings (SSSR count). The molecule has 2 aromatic rings. The minimum absolute atomic E-state index is 0.0427. The van der Waals surface area contributed by atoms with E-state index < -0.39 is 25.9 Å². The molecule has 1 aromatic heterocycles. The van der Waals surface area contributed by atoms with Gasteiger partial charge < -0.3 is 0 Å². The van der Waals surface area contributed by atoms with Crippen LogP contribution in [0.1, 0.15) is 22.4 Å². The van der Waals surface area contributed by atoms with E-state index >= 15 is 0 Å². The van der Waals surface area contributed by atoms with E-state index in [1.807, 2.05) is 31.4 Å². The molecule has 1 aliphatic rings. The molecule has 1 aliphatic heterocycles. The first-order valence-corrected chi connectivity index (χ1v) is 12.1. The third kappa shape index (κ3) is 3.97. The summed E-state index contributed by atoms with van der Waals surface area (Å²) in [5, 5.41) is 1.89. The Labute approximate surface area is 153 Å². The van der Waals surface area contributed by atoms with E-state index in [0.29, 0.717) is 6.42 Å². The Kier molecular flexibility index (Phi) is 5.07. The van der Waals surface area contributed by atoms with Crippen molar-refractivity contribution in [3.05, 3.63) is 51.7 Å². The maximum absolute atomic E-state index is 13.3. The van der Waals surface area contributed by atoms with Gasteiger partial charge in [-0.05, 0) is 55.0 Å². The van der Waals surface area contributed by atoms with E-state index in [1.165, 1.54) is 15.6 Å². The number of sulfone groups is 1. The van der Waals surface area contributed by atoms with Gasteiger partial charge in [0.15, 0.2) is 9.84 Å². The Balaban J connectivity index is 2.01. The standard InChI is InChI=1S/C17H21NO4S3/c1-13-5-6-17(10-14(13)2)25(21,22)18(11-16-4-3-8-23-16)15-7-9-24(19,20)12-15/h3-6,8,10,15H,7,9,11-12H2,1-2H3/t15-/m1/s1. The van der Waals surface area contributed by atoms with Gasteiger partial charge in [-0.2, -0.15) is 4.31 Å². The summed E-state index contributed by atoms with van der Waals surface area (Å²) < 4.78 is 51.7. The maximum atomic E-state index is 13.3. The third-order valence-corrected chi connectivity index (χ3v) is 9.10. The summed E-state index contributed by atoms with van der Waals surface area (Å²) in [5.41, 5.74) is 1.92. The molecule has 8 heteroatoms. The lowest BCUT2D eigenvalue weighted by molar-refractivity contribution is 0.336. The summed E-state index contributed by atoms with van der Waals surface area (Å²) in [5.74, 6) is -0.0660. The van der Waals surface area contributed by atoms with E-state index in [1.54, 1.807) is 18.2 Å². The first kappa shape index (κ1) is 18.6. The van der Waals surface area contributed by atoms with Crippen molar-refractivity contribution >= 4 is 31.2 Å². The molecule has 1 aromatic carbocycles. The second-order valence-corrected chi connectivity index (χ2v) is 11.6. The highest BCUT2D eigenvalue weighted by Crippen LogP contribution is 2.29. The van der Waals surface area contributed by atoms with Crippen molar-refractivity contribution in [1.29, 1.82) is 0 Å². The largest absolute Gasteiger partial charge is 0.243 e. The summed E-state index contributed by atoms with van der Waals surface area (Å²) in [6.07, 6.45) is 0.345. The number of aryl methyl sites for hydroxylation is 2. The molecule has 1 atom stereocenters. The molecule has 0 spiro atoms. The zero-order chi connectivity index (χ0) is 18.2. The summed E-state index contributed by atoms with van der Waals surface area (Å²) in [7, 11) is -6.95. The van der Waals surface area contributed by atoms with E-state index in [4.69, 9.17) is 0 Å². The third-order valence-electron chi connectivity index (χ3n) is 4.59. The van der Waals surface area contributed by atoms with Crippen LogP contribution in [0.2, 0.25) is 0 Å². The molecule has 1 saturated heterocycles. The smallest absolute Gasteiger partial charge is 0.229 e. The molecule has 0 unspecified atom stereocenters. The van der Waals surface area contributed by atoms with Gasteiger partial charge in [0.05, 0.1) is 16.4 Å². The van der Waals surface area contributed by atoms with Gasteiger partial charge in [-0.15, -0.1) is 11.3 Å². The van der Waals surface area contributed by atoms with Crippen LogP contribution in [0.25, 0.3) is 0 Å². The van der Waals surface area contributed by atoms with Gasteiger partial charge in [0.25, 0.3) is 0 Å². The van der Waals surface area contributed by atoms with Crippen LogP contribution in [0.15, 0.2) is 40.6 Å². The fourth-order valence-electron chi connectivity index (χ4n) is 2.98. The van der Waals surface area contributed by atoms with Crippen LogP contribution in [-0.4, -0.2) is 38.7 Å². The van der Waals surface area contributed by atoms with Crippen LogP contribution in [0.4, 0.5) is 0 Å². The van der Waals surface area contributed by atoms with E-state index in [2.05, 4.69) is 0 Å². The molecular weight excluding hydrogens is 378 g/mol. The Morgan fingerprint density at radius 1 is 1.20 bits per heavy atom. The molecule has 0 amide bonds. The first-order chi connectivity index (χ1) is 11.7. The quantitative estimate of drug-likeness (QED) is 0.775. The summed E-state index contributed by atoms with van der Waals surface area (Å²) >= 11 is 1.47. The number of benzene rings is 1. The minimum Gasteiger partial charge on any atom is -0.229 e. The molecule has 0 aliphatic carbocycles. The fraction of sp³-hybridized carbons (Fsp3) is 0.412. The van der Waals surface area contributed by atoms with Crippen LogP contribution in [0, 0.1) is 13.8 Å². The monoisotopic (exact) mass is 399 g/mol. The number of hydrogen-bond acceptors (Lipinski definition) is 5. The van der Waals surface area contributed by atoms with E-state index in [-0.39, 0.29) is 22.9 Å². The predicted octanol–water partition coefficient (Wildman–Crippen LogP) is 2.74. The molecule has 5 nitrogen and oxygen atoms in total. The van der Waals surface area contributed by atoms with Crippen molar-refractivity contribution in [2.75, 3.05) is 11.5 Å². The van der Waals surface area contributed by atoms with Gasteiger partial charge in [0.2, 0.25) is 10.0 Å². The molecule has 0 N–H and O–H groups in total. The SMILES string of the molecule is Cc1ccc(S(=O)(=O)N(Cc2cccs2)[C@@H]2CCS(=O)(=O)C2)cc1C. The number of thiophene rings is 1. The Bertz CT molecular complexity index is 963. The van der Waals surface area contributed by atoms with Crippen LogP contribution < -0.4 is 0 Å². The molecule has 0 saturated carbocycles. The lowest BCUT2D eigenvalue weighted by Gasteiger charge is -2.27. The average Bonchev–Trinajstić information content (AvgIpc) is 3.16. The van der Waals surface area contributed by atoms with Gasteiger partial charge in [-0.1, -0.05) is 12.1 Å². The number of rotatable bonds is 5. The van der Waals surface area contributed by atoms with Gasteiger partial charge in [-0.25, -0.2) is 16.8 Å². The zero-order valence-corrected chi connectivity index (χ0v) is 16.6. The second-order valence-electron chi connectivity index (χ2n) is 6.43. The normalized spacial score (nSPS) is 20.2. The van der Waals surface area contributed by atoms with E-state index in [0.717, 1.165) is 16.0 Å². The average molecular weight is 400 g/mol. The van der Waals surface area contributed by atoms with Crippen LogP contribution in [-0.2, 0) is 26.4 Å². The zero-order valence-electron chi connectivity index (χ0n) is 14.2. The van der Waals surface area contributed by atoms with Crippen molar-refractivity contribution < 1.29 is 16.8 Å². The van der Waals surface area contributed by atoms with Gasteiger partial charge in [0.1, 0.15) is 0 Å². The Hall–Kier alpha value is -1.22. The molecule has 25 heavy (non-hydrogen) atoms. The van der Waals surface area contributed by atoms with Gasteiger partial charge in [0, 0.05) is 17.5 Å². The highest BCUT2D eigenvalue weighted by atomic mass is 32.2. The molecule has 1 fully saturated rings. The molecular formula is C17H21NO4S3. The van der Waals surface area contributed by atoms with Crippen molar-refractivity contribution in [2.45, 2.75) is 37.8 Å². The minimum atomic E-state index is -3.77. The highest BCUT2D eigenvalue weighted by molar-refractivity contribution is 7.92. The summed E-state index contributed by atoms with van der Waals surface area (Å²) in [4.78, 5) is 1.12. The van der Waals surface area contributed by atoms with Crippen LogP contribution >= 0.6 is 11.3 Å². The van der Waals surface area contributed by atoms with Crippen molar-refractivity contribution in [3.8, 4) is 0 Å². The van der Waals surface area contributed by atoms with Crippen LogP contribution in [0.5, 0.6) is 0 Å². The molecule has 136 valence electrons. The highest BCUT2D eigenvalue weighted by Gasteiger charge is 2.39. The van der Waals surface area contributed by atoms with E-state index in [9.17, 15) is 16.8 Å². The molecule has 0 bridgehead atoms.